The fourth-order valence-electron chi connectivity index (χ4n) is 3.04. The summed E-state index contributed by atoms with van der Waals surface area (Å²) in [6.07, 6.45) is 3.13. The van der Waals surface area contributed by atoms with Gasteiger partial charge in [-0.2, -0.15) is 0 Å². The largest absolute Gasteiger partial charge is 0.431 e. The lowest BCUT2D eigenvalue weighted by Crippen LogP contribution is -2.04. The van der Waals surface area contributed by atoms with Crippen LogP contribution in [0.25, 0.3) is 0 Å². The molecule has 4 aromatic rings. The van der Waals surface area contributed by atoms with Gasteiger partial charge in [0.1, 0.15) is 0 Å². The first-order valence-electron chi connectivity index (χ1n) is 8.98. The highest BCUT2D eigenvalue weighted by atomic mass is 79.9. The summed E-state index contributed by atoms with van der Waals surface area (Å²) in [5.74, 6) is 1.78. The molecule has 1 aliphatic heterocycles. The molecule has 0 aliphatic carbocycles. The minimum absolute atomic E-state index is 0.337. The molecule has 0 unspecified atom stereocenters. The van der Waals surface area contributed by atoms with Gasteiger partial charge in [-0.15, -0.1) is 0 Å². The summed E-state index contributed by atoms with van der Waals surface area (Å²) in [5, 5.41) is 0. The van der Waals surface area contributed by atoms with Crippen LogP contribution >= 0.6 is 15.9 Å². The molecule has 5 rings (SSSR count). The van der Waals surface area contributed by atoms with Gasteiger partial charge in [0.05, 0.1) is 11.4 Å². The van der Waals surface area contributed by atoms with Crippen LogP contribution < -0.4 is 9.47 Å². The normalized spacial score (nSPS) is 11.5. The van der Waals surface area contributed by atoms with Crippen molar-refractivity contribution in [3.63, 3.8) is 0 Å². The summed E-state index contributed by atoms with van der Waals surface area (Å²) in [5.41, 5.74) is 3.64. The van der Waals surface area contributed by atoms with E-state index < -0.39 is 0 Å². The molecule has 5 nitrogen and oxygen atoms in total. The van der Waals surface area contributed by atoms with E-state index in [4.69, 9.17) is 14.5 Å². The van der Waals surface area contributed by atoms with Crippen molar-refractivity contribution in [1.82, 2.24) is 9.97 Å². The molecule has 140 valence electrons. The molecule has 0 saturated heterocycles. The quantitative estimate of drug-likeness (QED) is 0.306. The van der Waals surface area contributed by atoms with Crippen LogP contribution in [0.5, 0.6) is 23.3 Å². The Morgan fingerprint density at radius 1 is 0.724 bits per heavy atom. The van der Waals surface area contributed by atoms with Crippen molar-refractivity contribution < 1.29 is 9.47 Å². The Bertz CT molecular complexity index is 1170. The van der Waals surface area contributed by atoms with Crippen LogP contribution in [0.2, 0.25) is 0 Å². The zero-order valence-electron chi connectivity index (χ0n) is 15.1. The highest BCUT2D eigenvalue weighted by molar-refractivity contribution is 9.10. The third-order valence-electron chi connectivity index (χ3n) is 4.39. The fraction of sp³-hybridized carbons (Fsp3) is 0. The highest BCUT2D eigenvalue weighted by Gasteiger charge is 2.23. The van der Waals surface area contributed by atoms with Gasteiger partial charge in [0.25, 0.3) is 11.8 Å². The zero-order chi connectivity index (χ0) is 19.6. The maximum atomic E-state index is 5.88. The van der Waals surface area contributed by atoms with E-state index in [0.29, 0.717) is 23.3 Å². The summed E-state index contributed by atoms with van der Waals surface area (Å²) in [4.78, 5) is 13.3. The van der Waals surface area contributed by atoms with Crippen molar-refractivity contribution in [2.24, 2.45) is 4.99 Å². The number of aliphatic imine (C=N–C) groups is 1. The van der Waals surface area contributed by atoms with E-state index >= 15 is 0 Å². The van der Waals surface area contributed by atoms with E-state index in [1.807, 2.05) is 72.8 Å². The van der Waals surface area contributed by atoms with Crippen LogP contribution in [0.3, 0.4) is 0 Å². The molecule has 1 aliphatic rings. The molecule has 0 saturated carbocycles. The van der Waals surface area contributed by atoms with Crippen LogP contribution in [0.15, 0.2) is 94.7 Å². The summed E-state index contributed by atoms with van der Waals surface area (Å²) >= 11 is 3.61. The Kier molecular flexibility index (Phi) is 4.54. The third kappa shape index (κ3) is 3.50. The Morgan fingerprint density at radius 3 is 1.79 bits per heavy atom. The molecule has 6 heteroatoms. The van der Waals surface area contributed by atoms with E-state index in [0.717, 1.165) is 27.0 Å². The topological polar surface area (TPSA) is 56.6 Å². The number of nitrogens with zero attached hydrogens (tertiary/aromatic N) is 3. The molecule has 0 bridgehead atoms. The number of halogens is 1. The molecule has 0 atom stereocenters. The number of hydrogen-bond acceptors (Lipinski definition) is 5. The minimum atomic E-state index is 0.337. The number of ether oxygens (including phenoxy) is 2. The Balaban J connectivity index is 1.62. The molecule has 3 aromatic carbocycles. The number of aromatic nitrogens is 2. The Hall–Kier alpha value is -3.51. The third-order valence-corrected chi connectivity index (χ3v) is 5.02. The second-order valence-corrected chi connectivity index (χ2v) is 7.17. The Morgan fingerprint density at radius 2 is 1.24 bits per heavy atom. The minimum Gasteiger partial charge on any atom is -0.431 e. The second kappa shape index (κ2) is 7.48. The standard InChI is InChI=1S/C23H14BrN3O2/c24-17-13-19-20(29-23-22(28-19)25-11-12-26-23)14-18(17)27-21(15-7-3-1-4-8-15)16-9-5-2-6-10-16/h1-14H. The van der Waals surface area contributed by atoms with Gasteiger partial charge in [-0.05, 0) is 15.9 Å². The maximum Gasteiger partial charge on any atom is 0.284 e. The average molecular weight is 444 g/mol. The maximum absolute atomic E-state index is 5.88. The molecule has 0 fully saturated rings. The molecule has 0 spiro atoms. The van der Waals surface area contributed by atoms with E-state index in [9.17, 15) is 0 Å². The van der Waals surface area contributed by atoms with Crippen LogP contribution in [0.4, 0.5) is 5.69 Å². The summed E-state index contributed by atoms with van der Waals surface area (Å²) in [7, 11) is 0. The molecule has 29 heavy (non-hydrogen) atoms. The fourth-order valence-corrected chi connectivity index (χ4v) is 3.45. The molecule has 2 heterocycles. The SMILES string of the molecule is Brc1cc2c(cc1N=C(c1ccccc1)c1ccccc1)Oc1nccnc1O2. The van der Waals surface area contributed by atoms with Crippen molar-refractivity contribution in [3.05, 3.63) is 101 Å². The van der Waals surface area contributed by atoms with Crippen LogP contribution in [-0.2, 0) is 0 Å². The zero-order valence-corrected chi connectivity index (χ0v) is 16.7. The van der Waals surface area contributed by atoms with E-state index in [-0.39, 0.29) is 0 Å². The molecular formula is C23H14BrN3O2. The number of benzene rings is 3. The van der Waals surface area contributed by atoms with Gasteiger partial charge >= 0.3 is 0 Å². The first kappa shape index (κ1) is 17.6. The smallest absolute Gasteiger partial charge is 0.284 e. The van der Waals surface area contributed by atoms with Gasteiger partial charge < -0.3 is 9.47 Å². The monoisotopic (exact) mass is 443 g/mol. The lowest BCUT2D eigenvalue weighted by atomic mass is 10.0. The van der Waals surface area contributed by atoms with E-state index in [1.165, 1.54) is 0 Å². The van der Waals surface area contributed by atoms with Crippen molar-refractivity contribution >= 4 is 27.3 Å². The molecule has 1 aromatic heterocycles. The van der Waals surface area contributed by atoms with E-state index in [1.54, 1.807) is 12.4 Å². The number of rotatable bonds is 3. The first-order chi connectivity index (χ1) is 14.3. The van der Waals surface area contributed by atoms with Gasteiger partial charge in [0.15, 0.2) is 11.5 Å². The summed E-state index contributed by atoms with van der Waals surface area (Å²) in [6.45, 7) is 0. The van der Waals surface area contributed by atoms with Crippen molar-refractivity contribution in [3.8, 4) is 23.3 Å². The first-order valence-corrected chi connectivity index (χ1v) is 9.77. The van der Waals surface area contributed by atoms with Gasteiger partial charge in [0, 0.05) is 40.1 Å². The average Bonchev–Trinajstić information content (AvgIpc) is 2.77. The van der Waals surface area contributed by atoms with Crippen molar-refractivity contribution in [2.75, 3.05) is 0 Å². The second-order valence-electron chi connectivity index (χ2n) is 6.31. The van der Waals surface area contributed by atoms with Crippen LogP contribution in [0, 0.1) is 0 Å². The van der Waals surface area contributed by atoms with Gasteiger partial charge in [-0.3, -0.25) is 0 Å². The predicted molar refractivity (Wildman–Crippen MR) is 115 cm³/mol. The lowest BCUT2D eigenvalue weighted by molar-refractivity contribution is 0.336. The van der Waals surface area contributed by atoms with Gasteiger partial charge in [-0.1, -0.05) is 60.7 Å². The van der Waals surface area contributed by atoms with Gasteiger partial charge in [0.2, 0.25) is 0 Å². The van der Waals surface area contributed by atoms with Crippen LogP contribution in [0.1, 0.15) is 11.1 Å². The van der Waals surface area contributed by atoms with E-state index in [2.05, 4.69) is 25.9 Å². The number of fused-ring (bicyclic) bond motifs is 2. The highest BCUT2D eigenvalue weighted by Crippen LogP contribution is 2.47. The lowest BCUT2D eigenvalue weighted by Gasteiger charge is -2.19. The summed E-state index contributed by atoms with van der Waals surface area (Å²) < 4.78 is 12.5. The Labute approximate surface area is 175 Å². The van der Waals surface area contributed by atoms with Gasteiger partial charge in [-0.25, -0.2) is 15.0 Å². The molecule has 0 N–H and O–H groups in total. The predicted octanol–water partition coefficient (Wildman–Crippen LogP) is 6.31. The number of hydrogen-bond donors (Lipinski definition) is 0. The summed E-state index contributed by atoms with van der Waals surface area (Å²) in [6, 6.07) is 23.8. The molecule has 0 amide bonds. The van der Waals surface area contributed by atoms with Crippen molar-refractivity contribution in [2.45, 2.75) is 0 Å². The van der Waals surface area contributed by atoms with Crippen molar-refractivity contribution in [1.29, 1.82) is 0 Å². The molecule has 0 radical (unpaired) electrons. The van der Waals surface area contributed by atoms with Crippen LogP contribution in [-0.4, -0.2) is 15.7 Å². The molecular weight excluding hydrogens is 430 g/mol.